The van der Waals surface area contributed by atoms with Gasteiger partial charge in [-0.25, -0.2) is 5.14 Å². The van der Waals surface area contributed by atoms with E-state index in [0.29, 0.717) is 39.1 Å². The van der Waals surface area contributed by atoms with Crippen LogP contribution in [0.25, 0.3) is 0 Å². The number of hydrogen-bond acceptors (Lipinski definition) is 6. The average Bonchev–Trinajstić information content (AvgIpc) is 2.94. The van der Waals surface area contributed by atoms with Crippen molar-refractivity contribution in [2.24, 2.45) is 5.14 Å². The predicted molar refractivity (Wildman–Crippen MR) is 127 cm³/mol. The van der Waals surface area contributed by atoms with Gasteiger partial charge >= 0.3 is 6.18 Å². The van der Waals surface area contributed by atoms with Crippen LogP contribution in [0.5, 0.6) is 0 Å². The Morgan fingerprint density at radius 1 is 1.14 bits per heavy atom. The third-order valence-corrected chi connectivity index (χ3v) is 7.80. The average molecular weight is 533 g/mol. The van der Waals surface area contributed by atoms with Gasteiger partial charge in [-0.1, -0.05) is 0 Å². The molecule has 9 nitrogen and oxygen atoms in total. The minimum Gasteiger partial charge on any atom is -0.334 e. The molecule has 1 amide bonds. The summed E-state index contributed by atoms with van der Waals surface area (Å²) in [6, 6.07) is 4.64. The first-order valence-electron chi connectivity index (χ1n) is 11.0. The standard InChI is InChI=1S/C21H27F3N6O3S2/c1-20(2)18(31)30(16-6-5-15(14-25)17(13-16)21(22,23)24)19(34)29(20)8-4-3-7-27-9-11-28(12-10-27)35(26,32)33/h5-6,13H,3-4,7-12H2,1-2H3,(H2,26,32,33). The summed E-state index contributed by atoms with van der Waals surface area (Å²) < 4.78 is 64.3. The third kappa shape index (κ3) is 5.75. The van der Waals surface area contributed by atoms with Gasteiger partial charge in [0.05, 0.1) is 22.9 Å². The minimum absolute atomic E-state index is 0.0328. The Bertz CT molecular complexity index is 1140. The van der Waals surface area contributed by atoms with E-state index in [1.807, 2.05) is 0 Å². The van der Waals surface area contributed by atoms with Crippen LogP contribution in [0.4, 0.5) is 18.9 Å². The number of nitrogens with zero attached hydrogens (tertiary/aromatic N) is 5. The van der Waals surface area contributed by atoms with Crippen LogP contribution in [-0.4, -0.2) is 78.3 Å². The molecule has 1 aromatic carbocycles. The monoisotopic (exact) mass is 532 g/mol. The van der Waals surface area contributed by atoms with Gasteiger partial charge in [-0.2, -0.15) is 31.2 Å². The highest BCUT2D eigenvalue weighted by Crippen LogP contribution is 2.37. The molecule has 2 saturated heterocycles. The maximum Gasteiger partial charge on any atom is 0.417 e. The Balaban J connectivity index is 1.64. The molecule has 2 aliphatic rings. The maximum absolute atomic E-state index is 13.4. The number of nitriles is 1. The van der Waals surface area contributed by atoms with Crippen molar-refractivity contribution in [3.63, 3.8) is 0 Å². The van der Waals surface area contributed by atoms with Crippen molar-refractivity contribution in [2.45, 2.75) is 38.4 Å². The number of rotatable bonds is 7. The topological polar surface area (TPSA) is 114 Å². The molecule has 0 spiro atoms. The first-order valence-corrected chi connectivity index (χ1v) is 12.9. The summed E-state index contributed by atoms with van der Waals surface area (Å²) in [5.41, 5.74) is -2.73. The highest BCUT2D eigenvalue weighted by atomic mass is 32.2. The van der Waals surface area contributed by atoms with Crippen molar-refractivity contribution in [3.8, 4) is 6.07 Å². The Kier molecular flexibility index (Phi) is 7.78. The van der Waals surface area contributed by atoms with Crippen molar-refractivity contribution in [1.82, 2.24) is 14.1 Å². The lowest BCUT2D eigenvalue weighted by molar-refractivity contribution is -0.137. The first kappa shape index (κ1) is 27.3. The van der Waals surface area contributed by atoms with Crippen LogP contribution in [0.1, 0.15) is 37.8 Å². The van der Waals surface area contributed by atoms with Gasteiger partial charge in [-0.15, -0.1) is 0 Å². The number of amides is 1. The second-order valence-electron chi connectivity index (χ2n) is 8.97. The Labute approximate surface area is 208 Å². The van der Waals surface area contributed by atoms with E-state index in [-0.39, 0.29) is 10.8 Å². The molecular formula is C21H27F3N6O3S2. The molecule has 0 aromatic heterocycles. The van der Waals surface area contributed by atoms with Crippen molar-refractivity contribution >= 4 is 39.1 Å². The van der Waals surface area contributed by atoms with Crippen molar-refractivity contribution in [1.29, 1.82) is 5.26 Å². The number of hydrogen-bond donors (Lipinski definition) is 1. The molecule has 2 fully saturated rings. The normalized spacial score (nSPS) is 19.9. The predicted octanol–water partition coefficient (Wildman–Crippen LogP) is 1.89. The molecule has 0 atom stereocenters. The second-order valence-corrected chi connectivity index (χ2v) is 10.9. The summed E-state index contributed by atoms with van der Waals surface area (Å²) in [5.74, 6) is -0.445. The number of halogens is 3. The van der Waals surface area contributed by atoms with Gasteiger partial charge in [0.25, 0.3) is 16.1 Å². The summed E-state index contributed by atoms with van der Waals surface area (Å²) in [6.07, 6.45) is -3.32. The van der Waals surface area contributed by atoms with E-state index in [4.69, 9.17) is 22.6 Å². The summed E-state index contributed by atoms with van der Waals surface area (Å²) in [7, 11) is -3.68. The fourth-order valence-electron chi connectivity index (χ4n) is 4.25. The number of nitrogens with two attached hydrogens (primary N) is 1. The minimum atomic E-state index is -4.75. The van der Waals surface area contributed by atoms with Crippen LogP contribution in [0.2, 0.25) is 0 Å². The van der Waals surface area contributed by atoms with Crippen molar-refractivity contribution < 1.29 is 26.4 Å². The number of alkyl halides is 3. The number of carbonyl (C=O) groups is 1. The Morgan fingerprint density at radius 2 is 1.74 bits per heavy atom. The highest BCUT2D eigenvalue weighted by molar-refractivity contribution is 7.86. The lowest BCUT2D eigenvalue weighted by atomic mass is 10.0. The zero-order valence-corrected chi connectivity index (χ0v) is 21.0. The van der Waals surface area contributed by atoms with E-state index in [1.165, 1.54) is 16.4 Å². The summed E-state index contributed by atoms with van der Waals surface area (Å²) in [5, 5.41) is 14.3. The fraction of sp³-hybridized carbons (Fsp3) is 0.571. The molecule has 3 rings (SSSR count). The maximum atomic E-state index is 13.4. The number of unbranched alkanes of at least 4 members (excludes halogenated alkanes) is 1. The van der Waals surface area contributed by atoms with E-state index in [2.05, 4.69) is 4.90 Å². The number of thiocarbonyl (C=S) groups is 1. The van der Waals surface area contributed by atoms with Gasteiger partial charge in [-0.05, 0) is 63.7 Å². The summed E-state index contributed by atoms with van der Waals surface area (Å²) in [4.78, 5) is 18.1. The lowest BCUT2D eigenvalue weighted by Gasteiger charge is -2.33. The fourth-order valence-corrected chi connectivity index (χ4v) is 5.43. The molecule has 0 radical (unpaired) electrons. The third-order valence-electron chi connectivity index (χ3n) is 6.31. The van der Waals surface area contributed by atoms with Crippen LogP contribution in [0, 0.1) is 11.3 Å². The Hall–Kier alpha value is -2.31. The molecule has 192 valence electrons. The number of carbonyl (C=O) groups excluding carboxylic acids is 1. The van der Waals surface area contributed by atoms with E-state index >= 15 is 0 Å². The molecule has 0 aliphatic carbocycles. The lowest BCUT2D eigenvalue weighted by Crippen LogP contribution is -2.50. The molecule has 1 aromatic rings. The Morgan fingerprint density at radius 3 is 2.29 bits per heavy atom. The van der Waals surface area contributed by atoms with E-state index < -0.39 is 39.0 Å². The molecular weight excluding hydrogens is 505 g/mol. The van der Waals surface area contributed by atoms with Gasteiger partial charge in [-0.3, -0.25) is 9.69 Å². The van der Waals surface area contributed by atoms with E-state index in [9.17, 15) is 26.4 Å². The number of piperazine rings is 1. The zero-order valence-electron chi connectivity index (χ0n) is 19.4. The second kappa shape index (κ2) is 9.98. The van der Waals surface area contributed by atoms with Gasteiger partial charge in [0.2, 0.25) is 0 Å². The molecule has 2 aliphatic heterocycles. The van der Waals surface area contributed by atoms with Crippen LogP contribution < -0.4 is 10.0 Å². The molecule has 0 saturated carbocycles. The molecule has 14 heteroatoms. The number of benzene rings is 1. The molecule has 2 heterocycles. The zero-order chi connectivity index (χ0) is 26.2. The molecule has 0 bridgehead atoms. The van der Waals surface area contributed by atoms with Gasteiger partial charge in [0.15, 0.2) is 5.11 Å². The quantitative estimate of drug-likeness (QED) is 0.421. The molecule has 35 heavy (non-hydrogen) atoms. The van der Waals surface area contributed by atoms with Crippen molar-refractivity contribution in [2.75, 3.05) is 44.2 Å². The van der Waals surface area contributed by atoms with Gasteiger partial charge in [0.1, 0.15) is 5.54 Å². The number of anilines is 1. The largest absolute Gasteiger partial charge is 0.417 e. The van der Waals surface area contributed by atoms with E-state index in [0.717, 1.165) is 30.0 Å². The van der Waals surface area contributed by atoms with E-state index in [1.54, 1.807) is 18.7 Å². The first-order chi connectivity index (χ1) is 16.2. The molecule has 0 unspecified atom stereocenters. The van der Waals surface area contributed by atoms with Gasteiger partial charge in [0, 0.05) is 32.7 Å². The SMILES string of the molecule is CC1(C)C(=O)N(c2ccc(C#N)c(C(F)(F)F)c2)C(=S)N1CCCCN1CCN(S(N)(=O)=O)CC1. The highest BCUT2D eigenvalue weighted by Gasteiger charge is 2.49. The summed E-state index contributed by atoms with van der Waals surface area (Å²) >= 11 is 5.49. The van der Waals surface area contributed by atoms with Gasteiger partial charge < -0.3 is 9.80 Å². The van der Waals surface area contributed by atoms with Crippen LogP contribution in [0.3, 0.4) is 0 Å². The smallest absolute Gasteiger partial charge is 0.334 e. The van der Waals surface area contributed by atoms with Crippen LogP contribution >= 0.6 is 12.2 Å². The van der Waals surface area contributed by atoms with Crippen LogP contribution in [-0.2, 0) is 21.2 Å². The van der Waals surface area contributed by atoms with Crippen molar-refractivity contribution in [3.05, 3.63) is 29.3 Å². The molecule has 2 N–H and O–H groups in total. The summed E-state index contributed by atoms with van der Waals surface area (Å²) in [6.45, 7) is 6.28. The van der Waals surface area contributed by atoms with Crippen LogP contribution in [0.15, 0.2) is 18.2 Å².